The molecule has 0 saturated heterocycles. The average Bonchev–Trinajstić information content (AvgIpc) is 1.81. The van der Waals surface area contributed by atoms with Crippen LogP contribution < -0.4 is 0 Å². The molecule has 0 fully saturated rings. The molecule has 0 unspecified atom stereocenters. The lowest BCUT2D eigenvalue weighted by molar-refractivity contribution is 0.123. The van der Waals surface area contributed by atoms with Gasteiger partial charge < -0.3 is 4.74 Å². The van der Waals surface area contributed by atoms with Crippen LogP contribution in [0.1, 0.15) is 6.42 Å². The molecule has 8 heavy (non-hydrogen) atoms. The molecule has 48 valence electrons. The second kappa shape index (κ2) is 6.63. The minimum Gasteiger partial charge on any atom is -0.378 e. The Morgan fingerprint density at radius 2 is 2.25 bits per heavy atom. The highest BCUT2D eigenvalue weighted by atomic mass is 19.1. The molecule has 2 heteroatoms. The van der Waals surface area contributed by atoms with Crippen molar-refractivity contribution >= 4 is 0 Å². The summed E-state index contributed by atoms with van der Waals surface area (Å²) >= 11 is 0. The predicted molar refractivity (Wildman–Crippen MR) is 31.6 cm³/mol. The van der Waals surface area contributed by atoms with Crippen molar-refractivity contribution in [1.29, 1.82) is 0 Å². The summed E-state index contributed by atoms with van der Waals surface area (Å²) in [6.07, 6.45) is 2.55. The molecule has 1 nitrogen and oxygen atoms in total. The predicted octanol–water partition coefficient (Wildman–Crippen LogP) is 1.55. The molecule has 0 spiro atoms. The maximum Gasteiger partial charge on any atom is 0.113 e. The Morgan fingerprint density at radius 3 is 2.75 bits per heavy atom. The van der Waals surface area contributed by atoms with E-state index in [9.17, 15) is 4.39 Å². The van der Waals surface area contributed by atoms with E-state index in [0.717, 1.165) is 6.42 Å². The fourth-order valence-electron chi connectivity index (χ4n) is 0.323. The van der Waals surface area contributed by atoms with Gasteiger partial charge in [0.05, 0.1) is 13.2 Å². The van der Waals surface area contributed by atoms with Crippen molar-refractivity contribution in [3.8, 4) is 0 Å². The number of hydrogen-bond acceptors (Lipinski definition) is 1. The summed E-state index contributed by atoms with van der Waals surface area (Å²) in [4.78, 5) is 0. The first-order chi connectivity index (χ1) is 3.91. The van der Waals surface area contributed by atoms with Gasteiger partial charge in [-0.2, -0.15) is 0 Å². The second-order valence-corrected chi connectivity index (χ2v) is 1.38. The number of alkyl halides is 1. The van der Waals surface area contributed by atoms with E-state index < -0.39 is 6.67 Å². The van der Waals surface area contributed by atoms with E-state index in [4.69, 9.17) is 4.74 Å². The van der Waals surface area contributed by atoms with Crippen LogP contribution in [0.5, 0.6) is 0 Å². The third kappa shape index (κ3) is 5.63. The molecule has 0 aromatic carbocycles. The molecule has 0 bridgehead atoms. The molecule has 0 saturated carbocycles. The first-order valence-electron chi connectivity index (χ1n) is 2.66. The van der Waals surface area contributed by atoms with Crippen LogP contribution in [-0.4, -0.2) is 19.9 Å². The maximum absolute atomic E-state index is 11.3. The average molecular weight is 118 g/mol. The fraction of sp³-hybridized carbons (Fsp3) is 0.667. The van der Waals surface area contributed by atoms with Crippen molar-refractivity contribution < 1.29 is 9.13 Å². The number of halogens is 1. The van der Waals surface area contributed by atoms with Crippen LogP contribution in [0.2, 0.25) is 0 Å². The van der Waals surface area contributed by atoms with Gasteiger partial charge in [0.1, 0.15) is 6.67 Å². The topological polar surface area (TPSA) is 9.23 Å². The summed E-state index contributed by atoms with van der Waals surface area (Å²) in [7, 11) is 0. The highest BCUT2D eigenvalue weighted by Crippen LogP contribution is 1.81. The van der Waals surface area contributed by atoms with Gasteiger partial charge in [0.15, 0.2) is 0 Å². The smallest absolute Gasteiger partial charge is 0.113 e. The van der Waals surface area contributed by atoms with Gasteiger partial charge in [-0.1, -0.05) is 6.08 Å². The zero-order valence-corrected chi connectivity index (χ0v) is 4.90. The van der Waals surface area contributed by atoms with Gasteiger partial charge in [0, 0.05) is 0 Å². The summed E-state index contributed by atoms with van der Waals surface area (Å²) < 4.78 is 16.0. The fourth-order valence-corrected chi connectivity index (χ4v) is 0.323. The van der Waals surface area contributed by atoms with E-state index >= 15 is 0 Å². The largest absolute Gasteiger partial charge is 0.378 e. The van der Waals surface area contributed by atoms with Gasteiger partial charge in [-0.3, -0.25) is 0 Å². The summed E-state index contributed by atoms with van der Waals surface area (Å²) in [6.45, 7) is 3.90. The van der Waals surface area contributed by atoms with Gasteiger partial charge in [-0.15, -0.1) is 6.58 Å². The van der Waals surface area contributed by atoms with Crippen LogP contribution in [0.25, 0.3) is 0 Å². The monoisotopic (exact) mass is 118 g/mol. The number of ether oxygens (including phenoxy) is 1. The Balaban J connectivity index is 2.62. The van der Waals surface area contributed by atoms with Crippen LogP contribution in [0, 0.1) is 0 Å². The van der Waals surface area contributed by atoms with Gasteiger partial charge in [0.25, 0.3) is 0 Å². The van der Waals surface area contributed by atoms with Crippen molar-refractivity contribution in [2.75, 3.05) is 19.9 Å². The molecular weight excluding hydrogens is 107 g/mol. The van der Waals surface area contributed by atoms with Crippen molar-refractivity contribution in [2.45, 2.75) is 6.42 Å². The maximum atomic E-state index is 11.3. The Bertz CT molecular complexity index is 54.5. The SMILES string of the molecule is C=CCCOCCF. The van der Waals surface area contributed by atoms with E-state index in [1.807, 2.05) is 0 Å². The molecule has 0 aliphatic heterocycles. The van der Waals surface area contributed by atoms with Crippen molar-refractivity contribution in [3.63, 3.8) is 0 Å². The van der Waals surface area contributed by atoms with E-state index in [1.54, 1.807) is 6.08 Å². The Morgan fingerprint density at radius 1 is 1.50 bits per heavy atom. The molecule has 0 aliphatic rings. The third-order valence-corrected chi connectivity index (χ3v) is 0.688. The highest BCUT2D eigenvalue weighted by Gasteiger charge is 1.81. The highest BCUT2D eigenvalue weighted by molar-refractivity contribution is 4.64. The summed E-state index contributed by atoms with van der Waals surface area (Å²) in [5.41, 5.74) is 0. The summed E-state index contributed by atoms with van der Waals surface area (Å²) in [5, 5.41) is 0. The molecule has 0 aliphatic carbocycles. The minimum absolute atomic E-state index is 0.216. The molecule has 0 heterocycles. The van der Waals surface area contributed by atoms with E-state index in [2.05, 4.69) is 6.58 Å². The minimum atomic E-state index is -0.392. The van der Waals surface area contributed by atoms with Gasteiger partial charge >= 0.3 is 0 Å². The lowest BCUT2D eigenvalue weighted by Gasteiger charge is -1.94. The quantitative estimate of drug-likeness (QED) is 0.393. The van der Waals surface area contributed by atoms with E-state index in [1.165, 1.54) is 0 Å². The van der Waals surface area contributed by atoms with Gasteiger partial charge in [-0.25, -0.2) is 4.39 Å². The lowest BCUT2D eigenvalue weighted by atomic mass is 10.5. The standard InChI is InChI=1S/C6H11FO/c1-2-3-5-8-6-4-7/h2H,1,3-6H2. The van der Waals surface area contributed by atoms with Gasteiger partial charge in [-0.05, 0) is 6.42 Å². The lowest BCUT2D eigenvalue weighted by Crippen LogP contribution is -1.96. The molecule has 0 N–H and O–H groups in total. The van der Waals surface area contributed by atoms with Crippen LogP contribution in [-0.2, 0) is 4.74 Å². The molecule has 0 radical (unpaired) electrons. The molecule has 0 amide bonds. The summed E-state index contributed by atoms with van der Waals surface area (Å²) in [6, 6.07) is 0. The van der Waals surface area contributed by atoms with Gasteiger partial charge in [0.2, 0.25) is 0 Å². The Kier molecular flexibility index (Phi) is 6.32. The summed E-state index contributed by atoms with van der Waals surface area (Å²) in [5.74, 6) is 0. The number of hydrogen-bond donors (Lipinski definition) is 0. The zero-order chi connectivity index (χ0) is 6.24. The Labute approximate surface area is 49.2 Å². The zero-order valence-electron chi connectivity index (χ0n) is 4.90. The Hall–Kier alpha value is -0.370. The second-order valence-electron chi connectivity index (χ2n) is 1.38. The normalized spacial score (nSPS) is 9.12. The molecule has 0 rings (SSSR count). The van der Waals surface area contributed by atoms with Crippen LogP contribution in [0.4, 0.5) is 4.39 Å². The van der Waals surface area contributed by atoms with Crippen molar-refractivity contribution in [1.82, 2.24) is 0 Å². The van der Waals surface area contributed by atoms with E-state index in [-0.39, 0.29) is 6.61 Å². The van der Waals surface area contributed by atoms with Crippen LogP contribution >= 0.6 is 0 Å². The molecular formula is C6H11FO. The first kappa shape index (κ1) is 7.63. The molecule has 0 aromatic heterocycles. The third-order valence-electron chi connectivity index (χ3n) is 0.688. The molecule has 0 atom stereocenters. The first-order valence-corrected chi connectivity index (χ1v) is 2.66. The number of rotatable bonds is 5. The molecule has 0 aromatic rings. The van der Waals surface area contributed by atoms with Crippen LogP contribution in [0.15, 0.2) is 12.7 Å². The van der Waals surface area contributed by atoms with Crippen molar-refractivity contribution in [3.05, 3.63) is 12.7 Å². The van der Waals surface area contributed by atoms with Crippen molar-refractivity contribution in [2.24, 2.45) is 0 Å². The van der Waals surface area contributed by atoms with E-state index in [0.29, 0.717) is 6.61 Å². The van der Waals surface area contributed by atoms with Crippen LogP contribution in [0.3, 0.4) is 0 Å².